The molecular formula is C11H14N2O2. The van der Waals surface area contributed by atoms with Gasteiger partial charge in [-0.05, 0) is 19.1 Å². The molecule has 4 heteroatoms. The minimum Gasteiger partial charge on any atom is -0.481 e. The molecule has 1 atom stereocenters. The van der Waals surface area contributed by atoms with Gasteiger partial charge in [-0.25, -0.2) is 0 Å². The highest BCUT2D eigenvalue weighted by Gasteiger charge is 2.35. The molecule has 0 amide bonds. The molecule has 2 rings (SSSR count). The van der Waals surface area contributed by atoms with Gasteiger partial charge in [0.2, 0.25) is 0 Å². The summed E-state index contributed by atoms with van der Waals surface area (Å²) in [5.41, 5.74) is 1.00. The first-order valence-electron chi connectivity index (χ1n) is 5.06. The van der Waals surface area contributed by atoms with Crippen molar-refractivity contribution in [3.05, 3.63) is 30.1 Å². The topological polar surface area (TPSA) is 53.4 Å². The van der Waals surface area contributed by atoms with Crippen LogP contribution in [0.1, 0.15) is 18.7 Å². The second-order valence-electron chi connectivity index (χ2n) is 3.92. The Morgan fingerprint density at radius 1 is 1.60 bits per heavy atom. The maximum atomic E-state index is 10.6. The monoisotopic (exact) mass is 206 g/mol. The van der Waals surface area contributed by atoms with Crippen molar-refractivity contribution in [3.63, 3.8) is 0 Å². The highest BCUT2D eigenvalue weighted by atomic mass is 16.4. The lowest BCUT2D eigenvalue weighted by atomic mass is 9.97. The third-order valence-electron chi connectivity index (χ3n) is 2.92. The molecule has 1 aliphatic rings. The number of hydrogen-bond donors (Lipinski definition) is 1. The average molecular weight is 206 g/mol. The SMILES string of the molecule is CC(c1ccccn1)N1CC(C(=O)O)C1. The Balaban J connectivity index is 1.95. The van der Waals surface area contributed by atoms with Crippen LogP contribution < -0.4 is 0 Å². The van der Waals surface area contributed by atoms with E-state index in [4.69, 9.17) is 5.11 Å². The van der Waals surface area contributed by atoms with E-state index in [1.807, 2.05) is 18.2 Å². The quantitative estimate of drug-likeness (QED) is 0.806. The molecule has 0 bridgehead atoms. The number of aromatic nitrogens is 1. The van der Waals surface area contributed by atoms with Gasteiger partial charge in [0, 0.05) is 25.3 Å². The van der Waals surface area contributed by atoms with E-state index in [9.17, 15) is 4.79 Å². The summed E-state index contributed by atoms with van der Waals surface area (Å²) >= 11 is 0. The minimum atomic E-state index is -0.695. The number of carbonyl (C=O) groups is 1. The first kappa shape index (κ1) is 10.1. The van der Waals surface area contributed by atoms with E-state index in [1.54, 1.807) is 6.20 Å². The Morgan fingerprint density at radius 3 is 2.87 bits per heavy atom. The predicted molar refractivity (Wildman–Crippen MR) is 55.4 cm³/mol. The third kappa shape index (κ3) is 1.99. The fourth-order valence-corrected chi connectivity index (χ4v) is 1.80. The van der Waals surface area contributed by atoms with Crippen molar-refractivity contribution in [2.24, 2.45) is 5.92 Å². The molecule has 1 saturated heterocycles. The zero-order valence-corrected chi connectivity index (χ0v) is 8.63. The lowest BCUT2D eigenvalue weighted by Gasteiger charge is -2.40. The predicted octanol–water partition coefficient (Wildman–Crippen LogP) is 1.16. The lowest BCUT2D eigenvalue weighted by molar-refractivity contribution is -0.148. The van der Waals surface area contributed by atoms with Crippen LogP contribution in [0.4, 0.5) is 0 Å². The molecule has 0 spiro atoms. The van der Waals surface area contributed by atoms with E-state index in [0.717, 1.165) is 5.69 Å². The molecule has 0 radical (unpaired) electrons. The summed E-state index contributed by atoms with van der Waals surface area (Å²) in [6, 6.07) is 6.01. The molecule has 1 N–H and O–H groups in total. The number of carboxylic acids is 1. The highest BCUT2D eigenvalue weighted by Crippen LogP contribution is 2.26. The van der Waals surface area contributed by atoms with Crippen molar-refractivity contribution >= 4 is 5.97 Å². The Morgan fingerprint density at radius 2 is 2.33 bits per heavy atom. The summed E-state index contributed by atoms with van der Waals surface area (Å²) in [5.74, 6) is -0.893. The van der Waals surface area contributed by atoms with Crippen molar-refractivity contribution in [2.75, 3.05) is 13.1 Å². The number of hydrogen-bond acceptors (Lipinski definition) is 3. The van der Waals surface area contributed by atoms with Gasteiger partial charge in [0.05, 0.1) is 11.6 Å². The van der Waals surface area contributed by atoms with Crippen LogP contribution in [-0.4, -0.2) is 34.0 Å². The second-order valence-corrected chi connectivity index (χ2v) is 3.92. The molecule has 2 heterocycles. The molecule has 1 aromatic rings. The molecule has 0 saturated carbocycles. The Labute approximate surface area is 88.6 Å². The molecular weight excluding hydrogens is 192 g/mol. The maximum absolute atomic E-state index is 10.6. The van der Waals surface area contributed by atoms with Crippen LogP contribution in [0.5, 0.6) is 0 Å². The van der Waals surface area contributed by atoms with Gasteiger partial charge in [-0.2, -0.15) is 0 Å². The summed E-state index contributed by atoms with van der Waals surface area (Å²) in [5, 5.41) is 8.76. The maximum Gasteiger partial charge on any atom is 0.309 e. The lowest BCUT2D eigenvalue weighted by Crippen LogP contribution is -2.51. The Bertz CT molecular complexity index is 347. The van der Waals surface area contributed by atoms with E-state index in [1.165, 1.54) is 0 Å². The Kier molecular flexibility index (Phi) is 2.68. The normalized spacial score (nSPS) is 19.5. The molecule has 0 aliphatic carbocycles. The van der Waals surface area contributed by atoms with Gasteiger partial charge < -0.3 is 5.11 Å². The van der Waals surface area contributed by atoms with Gasteiger partial charge >= 0.3 is 5.97 Å². The van der Waals surface area contributed by atoms with Crippen molar-refractivity contribution in [3.8, 4) is 0 Å². The fourth-order valence-electron chi connectivity index (χ4n) is 1.80. The molecule has 0 aromatic carbocycles. The highest BCUT2D eigenvalue weighted by molar-refractivity contribution is 5.71. The number of nitrogens with zero attached hydrogens (tertiary/aromatic N) is 2. The van der Waals surface area contributed by atoms with Crippen LogP contribution in [0.25, 0.3) is 0 Å². The second kappa shape index (κ2) is 3.98. The van der Waals surface area contributed by atoms with Crippen LogP contribution in [0.3, 0.4) is 0 Å². The summed E-state index contributed by atoms with van der Waals surface area (Å²) in [4.78, 5) is 17.0. The van der Waals surface area contributed by atoms with Crippen molar-refractivity contribution in [1.29, 1.82) is 0 Å². The molecule has 1 fully saturated rings. The first-order valence-corrected chi connectivity index (χ1v) is 5.06. The van der Waals surface area contributed by atoms with Gasteiger partial charge in [-0.1, -0.05) is 6.07 Å². The van der Waals surface area contributed by atoms with Crippen molar-refractivity contribution in [1.82, 2.24) is 9.88 Å². The molecule has 15 heavy (non-hydrogen) atoms. The van der Waals surface area contributed by atoms with Gasteiger partial charge in [0.25, 0.3) is 0 Å². The smallest absolute Gasteiger partial charge is 0.309 e. The van der Waals surface area contributed by atoms with Gasteiger partial charge in [-0.3, -0.25) is 14.7 Å². The average Bonchev–Trinajstić information content (AvgIpc) is 2.16. The van der Waals surface area contributed by atoms with E-state index < -0.39 is 5.97 Å². The molecule has 4 nitrogen and oxygen atoms in total. The van der Waals surface area contributed by atoms with Gasteiger partial charge in [0.1, 0.15) is 0 Å². The van der Waals surface area contributed by atoms with E-state index >= 15 is 0 Å². The van der Waals surface area contributed by atoms with Crippen LogP contribution in [-0.2, 0) is 4.79 Å². The largest absolute Gasteiger partial charge is 0.481 e. The zero-order chi connectivity index (χ0) is 10.8. The van der Waals surface area contributed by atoms with Gasteiger partial charge in [-0.15, -0.1) is 0 Å². The molecule has 1 aromatic heterocycles. The summed E-state index contributed by atoms with van der Waals surface area (Å²) in [6.45, 7) is 3.32. The molecule has 80 valence electrons. The third-order valence-corrected chi connectivity index (χ3v) is 2.92. The number of pyridine rings is 1. The molecule has 1 aliphatic heterocycles. The standard InChI is InChI=1S/C11H14N2O2/c1-8(10-4-2-3-5-12-10)13-6-9(7-13)11(14)15/h2-5,8-9H,6-7H2,1H3,(H,14,15). The Hall–Kier alpha value is -1.42. The van der Waals surface area contributed by atoms with Gasteiger partial charge in [0.15, 0.2) is 0 Å². The van der Waals surface area contributed by atoms with Crippen LogP contribution >= 0.6 is 0 Å². The van der Waals surface area contributed by atoms with Crippen molar-refractivity contribution in [2.45, 2.75) is 13.0 Å². The van der Waals surface area contributed by atoms with Crippen LogP contribution in [0.15, 0.2) is 24.4 Å². The van der Waals surface area contributed by atoms with E-state index in [-0.39, 0.29) is 12.0 Å². The summed E-state index contributed by atoms with van der Waals surface area (Å²) in [6.07, 6.45) is 1.76. The minimum absolute atomic E-state index is 0.198. The first-order chi connectivity index (χ1) is 7.18. The number of rotatable bonds is 3. The zero-order valence-electron chi connectivity index (χ0n) is 8.63. The summed E-state index contributed by atoms with van der Waals surface area (Å²) in [7, 11) is 0. The molecule has 1 unspecified atom stereocenters. The van der Waals surface area contributed by atoms with Crippen molar-refractivity contribution < 1.29 is 9.90 Å². The van der Waals surface area contributed by atoms with E-state index in [0.29, 0.717) is 13.1 Å². The number of carboxylic acid groups (broad SMARTS) is 1. The fraction of sp³-hybridized carbons (Fsp3) is 0.455. The van der Waals surface area contributed by atoms with Crippen LogP contribution in [0, 0.1) is 5.92 Å². The number of likely N-dealkylation sites (tertiary alicyclic amines) is 1. The van der Waals surface area contributed by atoms with E-state index in [2.05, 4.69) is 16.8 Å². The number of aliphatic carboxylic acids is 1. The van der Waals surface area contributed by atoms with Crippen LogP contribution in [0.2, 0.25) is 0 Å². The summed E-state index contributed by atoms with van der Waals surface area (Å²) < 4.78 is 0.